The van der Waals surface area contributed by atoms with E-state index in [0.717, 1.165) is 11.3 Å². The largest absolute Gasteiger partial charge is 0.468 e. The lowest BCUT2D eigenvalue weighted by Crippen LogP contribution is -2.00. The molecule has 2 rings (SSSR count). The van der Waals surface area contributed by atoms with E-state index < -0.39 is 0 Å². The number of hydrogen-bond acceptors (Lipinski definition) is 3. The minimum absolute atomic E-state index is 0.223. The van der Waals surface area contributed by atoms with Crippen LogP contribution < -0.4 is 5.73 Å². The molecule has 2 N–H and O–H groups in total. The van der Waals surface area contributed by atoms with E-state index in [9.17, 15) is 4.39 Å². The van der Waals surface area contributed by atoms with Crippen LogP contribution in [-0.2, 0) is 12.3 Å². The maximum Gasteiger partial charge on any atom is 0.137 e. The molecule has 0 aliphatic carbocycles. The molecule has 1 heterocycles. The molecule has 2 aromatic rings. The molecule has 0 spiro atoms. The SMILES string of the molecule is NCc1cccc(F)c1SCc1ccco1. The standard InChI is InChI=1S/C12H12FNOS/c13-11-5-1-3-9(7-14)12(11)16-8-10-4-2-6-15-10/h1-6H,7-8,14H2. The fourth-order valence-corrected chi connectivity index (χ4v) is 2.41. The molecular formula is C12H12FNOS. The minimum Gasteiger partial charge on any atom is -0.468 e. The summed E-state index contributed by atoms with van der Waals surface area (Å²) in [5, 5.41) is 0. The second-order valence-electron chi connectivity index (χ2n) is 3.30. The van der Waals surface area contributed by atoms with Crippen LogP contribution in [0.3, 0.4) is 0 Å². The van der Waals surface area contributed by atoms with Gasteiger partial charge < -0.3 is 10.2 Å². The summed E-state index contributed by atoms with van der Waals surface area (Å²) >= 11 is 1.41. The number of rotatable bonds is 4. The van der Waals surface area contributed by atoms with E-state index in [1.165, 1.54) is 17.8 Å². The Bertz CT molecular complexity index is 456. The fraction of sp³-hybridized carbons (Fsp3) is 0.167. The van der Waals surface area contributed by atoms with Crippen LogP contribution in [0, 0.1) is 5.82 Å². The highest BCUT2D eigenvalue weighted by molar-refractivity contribution is 7.98. The summed E-state index contributed by atoms with van der Waals surface area (Å²) in [5.74, 6) is 1.22. The molecule has 2 nitrogen and oxygen atoms in total. The van der Waals surface area contributed by atoms with Crippen molar-refractivity contribution in [3.05, 3.63) is 53.7 Å². The highest BCUT2D eigenvalue weighted by Gasteiger charge is 2.08. The Labute approximate surface area is 97.6 Å². The Morgan fingerprint density at radius 3 is 2.81 bits per heavy atom. The van der Waals surface area contributed by atoms with Gasteiger partial charge in [0.25, 0.3) is 0 Å². The zero-order valence-electron chi connectivity index (χ0n) is 8.65. The first-order valence-corrected chi connectivity index (χ1v) is 5.92. The van der Waals surface area contributed by atoms with Gasteiger partial charge in [0.2, 0.25) is 0 Å². The Balaban J connectivity index is 2.14. The van der Waals surface area contributed by atoms with Crippen molar-refractivity contribution in [2.24, 2.45) is 5.73 Å². The van der Waals surface area contributed by atoms with Crippen molar-refractivity contribution >= 4 is 11.8 Å². The van der Waals surface area contributed by atoms with Gasteiger partial charge in [-0.05, 0) is 23.8 Å². The Kier molecular flexibility index (Phi) is 3.64. The number of nitrogens with two attached hydrogens (primary N) is 1. The third-order valence-electron chi connectivity index (χ3n) is 2.21. The number of furan rings is 1. The summed E-state index contributed by atoms with van der Waals surface area (Å²) in [6.45, 7) is 0.345. The number of halogens is 1. The van der Waals surface area contributed by atoms with Gasteiger partial charge in [-0.25, -0.2) is 4.39 Å². The monoisotopic (exact) mass is 237 g/mol. The molecule has 0 fully saturated rings. The van der Waals surface area contributed by atoms with Crippen molar-refractivity contribution in [2.75, 3.05) is 0 Å². The maximum atomic E-state index is 13.6. The average Bonchev–Trinajstić information content (AvgIpc) is 2.80. The second kappa shape index (κ2) is 5.18. The van der Waals surface area contributed by atoms with Gasteiger partial charge in [0, 0.05) is 11.4 Å². The lowest BCUT2D eigenvalue weighted by atomic mass is 10.2. The van der Waals surface area contributed by atoms with Crippen molar-refractivity contribution in [1.82, 2.24) is 0 Å². The van der Waals surface area contributed by atoms with Crippen LogP contribution in [0.15, 0.2) is 45.9 Å². The van der Waals surface area contributed by atoms with E-state index in [1.54, 1.807) is 12.3 Å². The van der Waals surface area contributed by atoms with E-state index in [0.29, 0.717) is 17.2 Å². The fourth-order valence-electron chi connectivity index (χ4n) is 1.41. The molecule has 0 bridgehead atoms. The summed E-state index contributed by atoms with van der Waals surface area (Å²) in [5.41, 5.74) is 6.40. The van der Waals surface area contributed by atoms with Crippen LogP contribution in [0.4, 0.5) is 4.39 Å². The van der Waals surface area contributed by atoms with Crippen LogP contribution in [-0.4, -0.2) is 0 Å². The predicted molar refractivity (Wildman–Crippen MR) is 62.6 cm³/mol. The molecule has 0 unspecified atom stereocenters. The summed E-state index contributed by atoms with van der Waals surface area (Å²) in [6.07, 6.45) is 1.61. The normalized spacial score (nSPS) is 10.6. The summed E-state index contributed by atoms with van der Waals surface area (Å²) < 4.78 is 18.8. The molecule has 0 amide bonds. The maximum absolute atomic E-state index is 13.6. The zero-order valence-corrected chi connectivity index (χ0v) is 9.47. The first-order valence-electron chi connectivity index (χ1n) is 4.94. The Morgan fingerprint density at radius 2 is 2.12 bits per heavy atom. The van der Waals surface area contributed by atoms with Crippen LogP contribution in [0.5, 0.6) is 0 Å². The van der Waals surface area contributed by atoms with Gasteiger partial charge in [0.15, 0.2) is 0 Å². The molecule has 4 heteroatoms. The van der Waals surface area contributed by atoms with Gasteiger partial charge >= 0.3 is 0 Å². The van der Waals surface area contributed by atoms with Crippen molar-refractivity contribution < 1.29 is 8.81 Å². The molecule has 0 atom stereocenters. The lowest BCUT2D eigenvalue weighted by Gasteiger charge is -2.07. The summed E-state index contributed by atoms with van der Waals surface area (Å²) in [6, 6.07) is 8.66. The molecule has 0 saturated carbocycles. The van der Waals surface area contributed by atoms with Gasteiger partial charge in [-0.15, -0.1) is 11.8 Å². The third kappa shape index (κ3) is 2.46. The topological polar surface area (TPSA) is 39.2 Å². The number of thioether (sulfide) groups is 1. The molecule has 0 aliphatic heterocycles. The van der Waals surface area contributed by atoms with Crippen LogP contribution in [0.1, 0.15) is 11.3 Å². The lowest BCUT2D eigenvalue weighted by molar-refractivity contribution is 0.530. The summed E-state index contributed by atoms with van der Waals surface area (Å²) in [7, 11) is 0. The molecule has 16 heavy (non-hydrogen) atoms. The Morgan fingerprint density at radius 1 is 1.25 bits per heavy atom. The molecular weight excluding hydrogens is 225 g/mol. The van der Waals surface area contributed by atoms with Gasteiger partial charge in [0.05, 0.1) is 12.0 Å². The first kappa shape index (κ1) is 11.2. The smallest absolute Gasteiger partial charge is 0.137 e. The average molecular weight is 237 g/mol. The van der Waals surface area contributed by atoms with Gasteiger partial charge in [-0.3, -0.25) is 0 Å². The van der Waals surface area contributed by atoms with Gasteiger partial charge in [-0.1, -0.05) is 12.1 Å². The van der Waals surface area contributed by atoms with E-state index in [-0.39, 0.29) is 5.82 Å². The van der Waals surface area contributed by atoms with E-state index in [4.69, 9.17) is 10.2 Å². The molecule has 1 aromatic carbocycles. The van der Waals surface area contributed by atoms with E-state index in [1.807, 2.05) is 18.2 Å². The van der Waals surface area contributed by atoms with Gasteiger partial charge in [-0.2, -0.15) is 0 Å². The van der Waals surface area contributed by atoms with Crippen LogP contribution >= 0.6 is 11.8 Å². The van der Waals surface area contributed by atoms with Crippen molar-refractivity contribution in [2.45, 2.75) is 17.2 Å². The van der Waals surface area contributed by atoms with Crippen molar-refractivity contribution in [3.8, 4) is 0 Å². The third-order valence-corrected chi connectivity index (χ3v) is 3.38. The highest BCUT2D eigenvalue weighted by atomic mass is 32.2. The predicted octanol–water partition coefficient (Wildman–Crippen LogP) is 3.17. The summed E-state index contributed by atoms with van der Waals surface area (Å²) in [4.78, 5) is 0.612. The van der Waals surface area contributed by atoms with E-state index >= 15 is 0 Å². The number of hydrogen-bond donors (Lipinski definition) is 1. The van der Waals surface area contributed by atoms with Crippen molar-refractivity contribution in [3.63, 3.8) is 0 Å². The molecule has 0 saturated heterocycles. The molecule has 1 aromatic heterocycles. The van der Waals surface area contributed by atoms with Crippen LogP contribution in [0.2, 0.25) is 0 Å². The number of benzene rings is 1. The second-order valence-corrected chi connectivity index (χ2v) is 4.29. The first-order chi connectivity index (χ1) is 7.81. The van der Waals surface area contributed by atoms with Gasteiger partial charge in [0.1, 0.15) is 11.6 Å². The highest BCUT2D eigenvalue weighted by Crippen LogP contribution is 2.28. The van der Waals surface area contributed by atoms with Crippen LogP contribution in [0.25, 0.3) is 0 Å². The zero-order chi connectivity index (χ0) is 11.4. The molecule has 0 radical (unpaired) electrons. The molecule has 0 aliphatic rings. The quantitative estimate of drug-likeness (QED) is 0.830. The van der Waals surface area contributed by atoms with Crippen molar-refractivity contribution in [1.29, 1.82) is 0 Å². The minimum atomic E-state index is -0.223. The Hall–Kier alpha value is -1.26. The van der Waals surface area contributed by atoms with E-state index in [2.05, 4.69) is 0 Å². The molecule has 84 valence electrons.